The van der Waals surface area contributed by atoms with Crippen molar-refractivity contribution in [2.75, 3.05) is 0 Å². The van der Waals surface area contributed by atoms with E-state index in [1.807, 2.05) is 12.4 Å². The van der Waals surface area contributed by atoms with Crippen molar-refractivity contribution >= 4 is 0 Å². The maximum atomic E-state index is 4.34. The predicted octanol–water partition coefficient (Wildman–Crippen LogP) is 5.02. The minimum absolute atomic E-state index is 0.878. The van der Waals surface area contributed by atoms with Crippen molar-refractivity contribution in [3.05, 3.63) is 67.3 Å². The van der Waals surface area contributed by atoms with Crippen LogP contribution in [0.15, 0.2) is 67.3 Å². The minimum Gasteiger partial charge on any atom is -0.353 e. The molecule has 3 aromatic rings. The summed E-state index contributed by atoms with van der Waals surface area (Å²) in [5.74, 6) is 0.878. The summed E-state index contributed by atoms with van der Waals surface area (Å²) in [6.07, 6.45) is 12.5. The molecule has 0 aliphatic heterocycles. The monoisotopic (exact) mass is 288 g/mol. The van der Waals surface area contributed by atoms with Gasteiger partial charge in [0.2, 0.25) is 0 Å². The van der Waals surface area contributed by atoms with Crippen LogP contribution >= 0.6 is 0 Å². The first-order valence-electron chi connectivity index (χ1n) is 8.06. The highest BCUT2D eigenvalue weighted by Crippen LogP contribution is 2.32. The van der Waals surface area contributed by atoms with Crippen LogP contribution in [-0.2, 0) is 6.54 Å². The number of aromatic nitrogens is 2. The van der Waals surface area contributed by atoms with Crippen LogP contribution in [0, 0.1) is 5.92 Å². The Morgan fingerprint density at radius 1 is 0.955 bits per heavy atom. The maximum absolute atomic E-state index is 4.34. The van der Waals surface area contributed by atoms with Crippen LogP contribution in [0.2, 0.25) is 0 Å². The van der Waals surface area contributed by atoms with Crippen molar-refractivity contribution < 1.29 is 0 Å². The number of benzene rings is 1. The lowest BCUT2D eigenvalue weighted by atomic mass is 9.85. The zero-order chi connectivity index (χ0) is 14.8. The highest BCUT2D eigenvalue weighted by Gasteiger charge is 2.18. The van der Waals surface area contributed by atoms with Gasteiger partial charge < -0.3 is 4.57 Å². The van der Waals surface area contributed by atoms with Gasteiger partial charge in [-0.15, -0.1) is 0 Å². The van der Waals surface area contributed by atoms with Crippen molar-refractivity contribution in [1.29, 1.82) is 0 Å². The normalized spacial score (nSPS) is 14.7. The molecule has 0 N–H and O–H groups in total. The fourth-order valence-electron chi connectivity index (χ4n) is 3.18. The second kappa shape index (κ2) is 5.80. The van der Waals surface area contributed by atoms with E-state index in [0.29, 0.717) is 0 Å². The molecular weight excluding hydrogens is 268 g/mol. The standard InChI is InChI=1S/C20H20N2/c1-2-7-17(8-3-1)19-9-11-21-13-20(19)18-10-12-22(15-18)14-16-5-4-6-16/h1-3,7-13,15-16H,4-6,14H2. The molecule has 22 heavy (non-hydrogen) atoms. The Labute approximate surface area is 131 Å². The van der Waals surface area contributed by atoms with Crippen LogP contribution in [0.3, 0.4) is 0 Å². The van der Waals surface area contributed by atoms with Crippen molar-refractivity contribution in [3.8, 4) is 22.3 Å². The Kier molecular flexibility index (Phi) is 3.51. The van der Waals surface area contributed by atoms with E-state index in [2.05, 4.69) is 64.4 Å². The molecule has 0 bridgehead atoms. The van der Waals surface area contributed by atoms with Gasteiger partial charge in [0.15, 0.2) is 0 Å². The van der Waals surface area contributed by atoms with E-state index in [4.69, 9.17) is 0 Å². The number of pyridine rings is 1. The van der Waals surface area contributed by atoms with Crippen molar-refractivity contribution in [3.63, 3.8) is 0 Å². The molecule has 2 nitrogen and oxygen atoms in total. The number of hydrogen-bond acceptors (Lipinski definition) is 1. The lowest BCUT2D eigenvalue weighted by molar-refractivity contribution is 0.277. The third kappa shape index (κ3) is 2.57. The zero-order valence-electron chi connectivity index (χ0n) is 12.7. The largest absolute Gasteiger partial charge is 0.353 e. The zero-order valence-corrected chi connectivity index (χ0v) is 12.7. The quantitative estimate of drug-likeness (QED) is 0.659. The number of rotatable bonds is 4. The van der Waals surface area contributed by atoms with Gasteiger partial charge in [-0.25, -0.2) is 0 Å². The summed E-state index contributed by atoms with van der Waals surface area (Å²) in [5, 5.41) is 0. The molecule has 0 amide bonds. The number of hydrogen-bond donors (Lipinski definition) is 0. The first-order chi connectivity index (χ1) is 10.9. The SMILES string of the molecule is c1ccc(-c2ccncc2-c2ccn(CC3CCC3)c2)cc1. The smallest absolute Gasteiger partial charge is 0.0353 e. The predicted molar refractivity (Wildman–Crippen MR) is 90.4 cm³/mol. The van der Waals surface area contributed by atoms with Gasteiger partial charge in [0.05, 0.1) is 0 Å². The third-order valence-electron chi connectivity index (χ3n) is 4.66. The average molecular weight is 288 g/mol. The Hall–Kier alpha value is -2.35. The summed E-state index contributed by atoms with van der Waals surface area (Å²) in [6, 6.07) is 14.9. The summed E-state index contributed by atoms with van der Waals surface area (Å²) in [5.41, 5.74) is 4.95. The molecule has 2 heterocycles. The molecule has 4 rings (SSSR count). The van der Waals surface area contributed by atoms with E-state index < -0.39 is 0 Å². The van der Waals surface area contributed by atoms with Gasteiger partial charge in [-0.3, -0.25) is 4.98 Å². The molecule has 0 spiro atoms. The molecule has 0 saturated heterocycles. The molecular formula is C20H20N2. The Balaban J connectivity index is 1.68. The summed E-state index contributed by atoms with van der Waals surface area (Å²) >= 11 is 0. The lowest BCUT2D eigenvalue weighted by Gasteiger charge is -2.25. The van der Waals surface area contributed by atoms with Crippen LogP contribution in [0.5, 0.6) is 0 Å². The molecule has 2 aromatic heterocycles. The average Bonchev–Trinajstić information content (AvgIpc) is 3.00. The first-order valence-corrected chi connectivity index (χ1v) is 8.06. The molecule has 1 aliphatic rings. The van der Waals surface area contributed by atoms with Gasteiger partial charge in [-0.1, -0.05) is 36.8 Å². The van der Waals surface area contributed by atoms with Gasteiger partial charge in [-0.2, -0.15) is 0 Å². The van der Waals surface area contributed by atoms with Crippen molar-refractivity contribution in [2.24, 2.45) is 5.92 Å². The fraction of sp³-hybridized carbons (Fsp3) is 0.250. The summed E-state index contributed by atoms with van der Waals surface area (Å²) in [6.45, 7) is 1.15. The summed E-state index contributed by atoms with van der Waals surface area (Å²) < 4.78 is 2.33. The number of nitrogens with zero attached hydrogens (tertiary/aromatic N) is 2. The van der Waals surface area contributed by atoms with Crippen LogP contribution in [0.25, 0.3) is 22.3 Å². The van der Waals surface area contributed by atoms with Gasteiger partial charge in [0, 0.05) is 42.5 Å². The second-order valence-corrected chi connectivity index (χ2v) is 6.18. The second-order valence-electron chi connectivity index (χ2n) is 6.18. The van der Waals surface area contributed by atoms with E-state index in [1.54, 1.807) is 0 Å². The van der Waals surface area contributed by atoms with Crippen molar-refractivity contribution in [1.82, 2.24) is 9.55 Å². The molecule has 0 atom stereocenters. The molecule has 1 aliphatic carbocycles. The van der Waals surface area contributed by atoms with Gasteiger partial charge >= 0.3 is 0 Å². The molecule has 1 aromatic carbocycles. The lowest BCUT2D eigenvalue weighted by Crippen LogP contribution is -2.16. The summed E-state index contributed by atoms with van der Waals surface area (Å²) in [7, 11) is 0. The Bertz CT molecular complexity index is 754. The highest BCUT2D eigenvalue weighted by atomic mass is 14.9. The fourth-order valence-corrected chi connectivity index (χ4v) is 3.18. The molecule has 0 radical (unpaired) electrons. The first kappa shape index (κ1) is 13.3. The van der Waals surface area contributed by atoms with E-state index >= 15 is 0 Å². The Morgan fingerprint density at radius 3 is 2.59 bits per heavy atom. The third-order valence-corrected chi connectivity index (χ3v) is 4.66. The van der Waals surface area contributed by atoms with Gasteiger partial charge in [0.1, 0.15) is 0 Å². The van der Waals surface area contributed by atoms with Crippen LogP contribution in [0.4, 0.5) is 0 Å². The molecule has 110 valence electrons. The Morgan fingerprint density at radius 2 is 1.82 bits per heavy atom. The van der Waals surface area contributed by atoms with Crippen LogP contribution in [0.1, 0.15) is 19.3 Å². The highest BCUT2D eigenvalue weighted by molar-refractivity contribution is 5.82. The van der Waals surface area contributed by atoms with Gasteiger partial charge in [0.25, 0.3) is 0 Å². The van der Waals surface area contributed by atoms with E-state index in [9.17, 15) is 0 Å². The summed E-state index contributed by atoms with van der Waals surface area (Å²) in [4.78, 5) is 4.34. The van der Waals surface area contributed by atoms with Crippen LogP contribution in [-0.4, -0.2) is 9.55 Å². The van der Waals surface area contributed by atoms with E-state index in [0.717, 1.165) is 12.5 Å². The van der Waals surface area contributed by atoms with Crippen molar-refractivity contribution in [2.45, 2.75) is 25.8 Å². The molecule has 1 fully saturated rings. The molecule has 1 saturated carbocycles. The van der Waals surface area contributed by atoms with Crippen LogP contribution < -0.4 is 0 Å². The minimum atomic E-state index is 0.878. The van der Waals surface area contributed by atoms with Gasteiger partial charge in [-0.05, 0) is 42.0 Å². The topological polar surface area (TPSA) is 17.8 Å². The maximum Gasteiger partial charge on any atom is 0.0353 e. The molecule has 0 unspecified atom stereocenters. The van der Waals surface area contributed by atoms with E-state index in [-0.39, 0.29) is 0 Å². The molecule has 2 heteroatoms. The van der Waals surface area contributed by atoms with E-state index in [1.165, 1.54) is 41.5 Å².